The highest BCUT2D eigenvalue weighted by Gasteiger charge is 2.27. The van der Waals surface area contributed by atoms with E-state index >= 15 is 0 Å². The standard InChI is InChI=1S/C12H19N5O3S/c1-16(2)21(19,20)15-10-3-7-17(8-4-10)12(18)11-9-13-5-6-14-11/h5-6,9-10,15H,3-4,7-8H2,1-2H3. The lowest BCUT2D eigenvalue weighted by Gasteiger charge is -2.32. The number of carbonyl (C=O) groups excluding carboxylic acids is 1. The Morgan fingerprint density at radius 1 is 1.33 bits per heavy atom. The van der Waals surface area contributed by atoms with Crippen LogP contribution in [0, 0.1) is 0 Å². The maximum Gasteiger partial charge on any atom is 0.279 e. The summed E-state index contributed by atoms with van der Waals surface area (Å²) in [5.74, 6) is -0.169. The summed E-state index contributed by atoms with van der Waals surface area (Å²) < 4.78 is 27.3. The zero-order chi connectivity index (χ0) is 15.5. The molecule has 1 aromatic rings. The molecule has 8 nitrogen and oxygen atoms in total. The molecule has 0 aromatic carbocycles. The van der Waals surface area contributed by atoms with Crippen molar-refractivity contribution in [1.29, 1.82) is 0 Å². The lowest BCUT2D eigenvalue weighted by Crippen LogP contribution is -2.49. The van der Waals surface area contributed by atoms with Crippen LogP contribution in [0.3, 0.4) is 0 Å². The summed E-state index contributed by atoms with van der Waals surface area (Å²) in [4.78, 5) is 21.7. The molecule has 116 valence electrons. The molecule has 1 saturated heterocycles. The van der Waals surface area contributed by atoms with Crippen LogP contribution >= 0.6 is 0 Å². The van der Waals surface area contributed by atoms with Crippen LogP contribution in [0.5, 0.6) is 0 Å². The number of hydrogen-bond donors (Lipinski definition) is 1. The van der Waals surface area contributed by atoms with Gasteiger partial charge in [0.15, 0.2) is 0 Å². The maximum absolute atomic E-state index is 12.2. The van der Waals surface area contributed by atoms with Crippen LogP contribution in [0.2, 0.25) is 0 Å². The highest BCUT2D eigenvalue weighted by Crippen LogP contribution is 2.13. The quantitative estimate of drug-likeness (QED) is 0.807. The van der Waals surface area contributed by atoms with Crippen LogP contribution in [-0.4, -0.2) is 66.7 Å². The summed E-state index contributed by atoms with van der Waals surface area (Å²) in [5.41, 5.74) is 0.310. The monoisotopic (exact) mass is 313 g/mol. The molecule has 1 fully saturated rings. The number of rotatable bonds is 4. The van der Waals surface area contributed by atoms with Gasteiger partial charge >= 0.3 is 0 Å². The first-order chi connectivity index (χ1) is 9.90. The Bertz CT molecular complexity index is 582. The van der Waals surface area contributed by atoms with Crippen molar-refractivity contribution in [3.63, 3.8) is 0 Å². The van der Waals surface area contributed by atoms with E-state index < -0.39 is 10.2 Å². The molecule has 0 radical (unpaired) electrons. The fourth-order valence-corrected chi connectivity index (χ4v) is 2.96. The van der Waals surface area contributed by atoms with Gasteiger partial charge in [-0.25, -0.2) is 4.98 Å². The van der Waals surface area contributed by atoms with E-state index in [1.165, 1.54) is 32.7 Å². The third kappa shape index (κ3) is 3.96. The zero-order valence-corrected chi connectivity index (χ0v) is 12.9. The molecule has 0 aliphatic carbocycles. The smallest absolute Gasteiger partial charge is 0.279 e. The van der Waals surface area contributed by atoms with Gasteiger partial charge in [-0.15, -0.1) is 0 Å². The van der Waals surface area contributed by atoms with Crippen LogP contribution < -0.4 is 4.72 Å². The Kier molecular flexibility index (Phi) is 4.86. The minimum absolute atomic E-state index is 0.150. The van der Waals surface area contributed by atoms with Gasteiger partial charge in [0, 0.05) is 45.6 Å². The number of hydrogen-bond acceptors (Lipinski definition) is 5. The molecular weight excluding hydrogens is 294 g/mol. The van der Waals surface area contributed by atoms with Crippen LogP contribution in [0.4, 0.5) is 0 Å². The molecule has 0 bridgehead atoms. The summed E-state index contributed by atoms with van der Waals surface area (Å²) in [6, 6.07) is -0.150. The SMILES string of the molecule is CN(C)S(=O)(=O)NC1CCN(C(=O)c2cnccn2)CC1. The molecule has 0 spiro atoms. The van der Waals surface area contributed by atoms with Crippen molar-refractivity contribution in [2.24, 2.45) is 0 Å². The molecule has 1 amide bonds. The molecule has 9 heteroatoms. The van der Waals surface area contributed by atoms with E-state index in [1.807, 2.05) is 0 Å². The highest BCUT2D eigenvalue weighted by molar-refractivity contribution is 7.87. The number of carbonyl (C=O) groups is 1. The van der Waals surface area contributed by atoms with E-state index in [-0.39, 0.29) is 11.9 Å². The predicted molar refractivity (Wildman–Crippen MR) is 76.7 cm³/mol. The molecular formula is C12H19N5O3S. The van der Waals surface area contributed by atoms with Crippen molar-refractivity contribution in [2.45, 2.75) is 18.9 Å². The molecule has 0 unspecified atom stereocenters. The molecule has 1 aliphatic heterocycles. The number of nitrogens with zero attached hydrogens (tertiary/aromatic N) is 4. The lowest BCUT2D eigenvalue weighted by atomic mass is 10.1. The summed E-state index contributed by atoms with van der Waals surface area (Å²) in [6.07, 6.45) is 5.59. The predicted octanol–water partition coefficient (Wildman–Crippen LogP) is -0.523. The van der Waals surface area contributed by atoms with Gasteiger partial charge in [0.1, 0.15) is 5.69 Å². The average Bonchev–Trinajstić information content (AvgIpc) is 2.48. The lowest BCUT2D eigenvalue weighted by molar-refractivity contribution is 0.0704. The molecule has 0 atom stereocenters. The summed E-state index contributed by atoms with van der Waals surface area (Å²) in [5, 5.41) is 0. The first-order valence-corrected chi connectivity index (χ1v) is 8.09. The highest BCUT2D eigenvalue weighted by atomic mass is 32.2. The molecule has 1 aliphatic rings. The summed E-state index contributed by atoms with van der Waals surface area (Å²) in [7, 11) is -0.468. The molecule has 2 rings (SSSR count). The summed E-state index contributed by atoms with van der Waals surface area (Å²) >= 11 is 0. The second kappa shape index (κ2) is 6.46. The Balaban J connectivity index is 1.91. The Morgan fingerprint density at radius 2 is 2.00 bits per heavy atom. The molecule has 1 aromatic heterocycles. The fourth-order valence-electron chi connectivity index (χ4n) is 2.09. The van der Waals surface area contributed by atoms with E-state index in [1.54, 1.807) is 4.90 Å². The van der Waals surface area contributed by atoms with Gasteiger partial charge in [-0.2, -0.15) is 17.4 Å². The normalized spacial score (nSPS) is 17.2. The Morgan fingerprint density at radius 3 is 2.52 bits per heavy atom. The largest absolute Gasteiger partial charge is 0.337 e. The number of piperidine rings is 1. The third-order valence-electron chi connectivity index (χ3n) is 3.36. The van der Waals surface area contributed by atoms with Gasteiger partial charge in [0.05, 0.1) is 6.20 Å². The van der Waals surface area contributed by atoms with E-state index in [9.17, 15) is 13.2 Å². The summed E-state index contributed by atoms with van der Waals surface area (Å²) in [6.45, 7) is 0.992. The van der Waals surface area contributed by atoms with E-state index in [0.29, 0.717) is 31.6 Å². The van der Waals surface area contributed by atoms with Crippen molar-refractivity contribution in [3.05, 3.63) is 24.3 Å². The molecule has 2 heterocycles. The Hall–Kier alpha value is -1.58. The first kappa shape index (κ1) is 15.8. The van der Waals surface area contributed by atoms with Gasteiger partial charge in [0.2, 0.25) is 0 Å². The van der Waals surface area contributed by atoms with Crippen LogP contribution in [-0.2, 0) is 10.2 Å². The first-order valence-electron chi connectivity index (χ1n) is 6.65. The number of aromatic nitrogens is 2. The molecule has 0 saturated carbocycles. The molecule has 21 heavy (non-hydrogen) atoms. The fraction of sp³-hybridized carbons (Fsp3) is 0.583. The van der Waals surface area contributed by atoms with Crippen molar-refractivity contribution >= 4 is 16.1 Å². The van der Waals surface area contributed by atoms with Gasteiger partial charge in [-0.1, -0.05) is 0 Å². The topological polar surface area (TPSA) is 95.5 Å². The second-order valence-corrected chi connectivity index (χ2v) is 6.98. The van der Waals surface area contributed by atoms with Crippen molar-refractivity contribution in [2.75, 3.05) is 27.2 Å². The minimum atomic E-state index is -3.43. The average molecular weight is 313 g/mol. The van der Waals surface area contributed by atoms with Gasteiger partial charge in [-0.05, 0) is 12.8 Å². The Labute approximate surface area is 124 Å². The minimum Gasteiger partial charge on any atom is -0.337 e. The van der Waals surface area contributed by atoms with Gasteiger partial charge < -0.3 is 4.90 Å². The maximum atomic E-state index is 12.2. The van der Waals surface area contributed by atoms with Crippen molar-refractivity contribution < 1.29 is 13.2 Å². The second-order valence-electron chi connectivity index (χ2n) is 5.06. The van der Waals surface area contributed by atoms with Gasteiger partial charge in [0.25, 0.3) is 16.1 Å². The van der Waals surface area contributed by atoms with Crippen molar-refractivity contribution in [1.82, 2.24) is 23.9 Å². The van der Waals surface area contributed by atoms with E-state index in [0.717, 1.165) is 4.31 Å². The number of amides is 1. The van der Waals surface area contributed by atoms with E-state index in [4.69, 9.17) is 0 Å². The van der Waals surface area contributed by atoms with Crippen LogP contribution in [0.15, 0.2) is 18.6 Å². The van der Waals surface area contributed by atoms with Gasteiger partial charge in [-0.3, -0.25) is 9.78 Å². The number of likely N-dealkylation sites (tertiary alicyclic amines) is 1. The number of nitrogens with one attached hydrogen (secondary N) is 1. The molecule has 1 N–H and O–H groups in total. The zero-order valence-electron chi connectivity index (χ0n) is 12.1. The van der Waals surface area contributed by atoms with Crippen molar-refractivity contribution in [3.8, 4) is 0 Å². The van der Waals surface area contributed by atoms with Crippen LogP contribution in [0.25, 0.3) is 0 Å². The third-order valence-corrected chi connectivity index (χ3v) is 4.95. The van der Waals surface area contributed by atoms with Crippen LogP contribution in [0.1, 0.15) is 23.3 Å². The van der Waals surface area contributed by atoms with E-state index in [2.05, 4.69) is 14.7 Å².